The van der Waals surface area contributed by atoms with Crippen molar-refractivity contribution in [3.8, 4) is 0 Å². The first kappa shape index (κ1) is 18.0. The van der Waals surface area contributed by atoms with E-state index >= 15 is 0 Å². The van der Waals surface area contributed by atoms with E-state index in [1.165, 1.54) is 32.1 Å². The molecule has 0 saturated heterocycles. The summed E-state index contributed by atoms with van der Waals surface area (Å²) in [6.45, 7) is 5.40. The number of halogens is 1. The second kappa shape index (κ2) is 9.82. The normalized spacial score (nSPS) is 28.3. The molecule has 0 spiro atoms. The number of aliphatic imine (C=N–C) groups is 1. The van der Waals surface area contributed by atoms with Gasteiger partial charge in [0.15, 0.2) is 5.96 Å². The molecule has 3 unspecified atom stereocenters. The number of hydrogen-bond acceptors (Lipinski definition) is 2. The number of ether oxygens (including phenoxy) is 1. The molecule has 2 fully saturated rings. The summed E-state index contributed by atoms with van der Waals surface area (Å²) in [6.07, 6.45) is 7.26. The van der Waals surface area contributed by atoms with Crippen LogP contribution in [0.25, 0.3) is 0 Å². The third-order valence-corrected chi connectivity index (χ3v) is 4.66. The predicted molar refractivity (Wildman–Crippen MR) is 94.8 cm³/mol. The average Bonchev–Trinajstić information content (AvgIpc) is 3.04. The Morgan fingerprint density at radius 1 is 1.20 bits per heavy atom. The standard InChI is InChI=1S/C15H29N3O.HI/c1-3-19-9-8-18-15(16-2)17-7-6-14-11-12-4-5-13(14)10-12;/h12-14H,3-11H2,1-2H3,(H2,16,17,18);1H. The van der Waals surface area contributed by atoms with Crippen molar-refractivity contribution in [2.75, 3.05) is 33.4 Å². The van der Waals surface area contributed by atoms with Crippen molar-refractivity contribution in [3.63, 3.8) is 0 Å². The van der Waals surface area contributed by atoms with Crippen LogP contribution < -0.4 is 10.6 Å². The summed E-state index contributed by atoms with van der Waals surface area (Å²) in [5.74, 6) is 3.95. The number of hydrogen-bond donors (Lipinski definition) is 2. The van der Waals surface area contributed by atoms with Crippen LogP contribution in [0.15, 0.2) is 4.99 Å². The van der Waals surface area contributed by atoms with Crippen LogP contribution in [-0.4, -0.2) is 39.3 Å². The Kier molecular flexibility index (Phi) is 8.84. The van der Waals surface area contributed by atoms with Crippen molar-refractivity contribution in [2.45, 2.75) is 39.0 Å². The second-order valence-electron chi connectivity index (χ2n) is 5.85. The summed E-state index contributed by atoms with van der Waals surface area (Å²) in [5.41, 5.74) is 0. The van der Waals surface area contributed by atoms with Crippen LogP contribution in [-0.2, 0) is 4.74 Å². The number of nitrogens with zero attached hydrogens (tertiary/aromatic N) is 1. The summed E-state index contributed by atoms with van der Waals surface area (Å²) >= 11 is 0. The van der Waals surface area contributed by atoms with E-state index in [4.69, 9.17) is 4.74 Å². The van der Waals surface area contributed by atoms with Gasteiger partial charge in [0.25, 0.3) is 0 Å². The lowest BCUT2D eigenvalue weighted by Crippen LogP contribution is -2.40. The molecule has 0 radical (unpaired) electrons. The Labute approximate surface area is 140 Å². The highest BCUT2D eigenvalue weighted by Crippen LogP contribution is 2.49. The van der Waals surface area contributed by atoms with Gasteiger partial charge >= 0.3 is 0 Å². The zero-order chi connectivity index (χ0) is 13.5. The molecule has 2 bridgehead atoms. The van der Waals surface area contributed by atoms with Crippen LogP contribution >= 0.6 is 24.0 Å². The van der Waals surface area contributed by atoms with Crippen molar-refractivity contribution < 1.29 is 4.74 Å². The molecular formula is C15H30IN3O. The molecule has 0 aromatic heterocycles. The minimum Gasteiger partial charge on any atom is -0.380 e. The topological polar surface area (TPSA) is 45.6 Å². The Balaban J connectivity index is 0.00000200. The van der Waals surface area contributed by atoms with E-state index in [-0.39, 0.29) is 24.0 Å². The molecule has 4 nitrogen and oxygen atoms in total. The minimum atomic E-state index is 0. The molecule has 2 N–H and O–H groups in total. The fourth-order valence-corrected chi connectivity index (χ4v) is 3.71. The summed E-state index contributed by atoms with van der Waals surface area (Å²) in [6, 6.07) is 0. The molecule has 0 aromatic rings. The van der Waals surface area contributed by atoms with Crippen LogP contribution in [0, 0.1) is 17.8 Å². The van der Waals surface area contributed by atoms with Crippen molar-refractivity contribution in [2.24, 2.45) is 22.7 Å². The molecule has 2 aliphatic carbocycles. The van der Waals surface area contributed by atoms with Gasteiger partial charge in [0.05, 0.1) is 6.61 Å². The molecule has 20 heavy (non-hydrogen) atoms. The summed E-state index contributed by atoms with van der Waals surface area (Å²) in [4.78, 5) is 4.24. The van der Waals surface area contributed by atoms with E-state index in [1.807, 2.05) is 14.0 Å². The lowest BCUT2D eigenvalue weighted by Gasteiger charge is -2.22. The van der Waals surface area contributed by atoms with Crippen molar-refractivity contribution in [3.05, 3.63) is 0 Å². The number of guanidine groups is 1. The molecule has 0 aromatic carbocycles. The molecule has 3 atom stereocenters. The van der Waals surface area contributed by atoms with E-state index < -0.39 is 0 Å². The quantitative estimate of drug-likeness (QED) is 0.302. The van der Waals surface area contributed by atoms with Gasteiger partial charge in [0.2, 0.25) is 0 Å². The number of nitrogens with one attached hydrogen (secondary N) is 2. The van der Waals surface area contributed by atoms with E-state index in [0.717, 1.165) is 50.0 Å². The van der Waals surface area contributed by atoms with Crippen LogP contribution in [0.3, 0.4) is 0 Å². The van der Waals surface area contributed by atoms with Crippen LogP contribution in [0.2, 0.25) is 0 Å². The maximum atomic E-state index is 5.30. The van der Waals surface area contributed by atoms with Crippen molar-refractivity contribution in [1.29, 1.82) is 0 Å². The molecule has 2 aliphatic rings. The van der Waals surface area contributed by atoms with Crippen LogP contribution in [0.1, 0.15) is 39.0 Å². The maximum absolute atomic E-state index is 5.30. The number of fused-ring (bicyclic) bond motifs is 2. The smallest absolute Gasteiger partial charge is 0.191 e. The zero-order valence-corrected chi connectivity index (χ0v) is 15.2. The van der Waals surface area contributed by atoms with Crippen LogP contribution in [0.4, 0.5) is 0 Å². The summed E-state index contributed by atoms with van der Waals surface area (Å²) in [5, 5.41) is 6.69. The third-order valence-electron chi connectivity index (χ3n) is 4.66. The van der Waals surface area contributed by atoms with E-state index in [2.05, 4.69) is 15.6 Å². The summed E-state index contributed by atoms with van der Waals surface area (Å²) in [7, 11) is 1.83. The van der Waals surface area contributed by atoms with Gasteiger partial charge in [-0.3, -0.25) is 4.99 Å². The highest BCUT2D eigenvalue weighted by molar-refractivity contribution is 14.0. The molecule has 0 amide bonds. The fraction of sp³-hybridized carbons (Fsp3) is 0.933. The average molecular weight is 395 g/mol. The maximum Gasteiger partial charge on any atom is 0.191 e. The van der Waals surface area contributed by atoms with Gasteiger partial charge < -0.3 is 15.4 Å². The van der Waals surface area contributed by atoms with E-state index in [9.17, 15) is 0 Å². The number of rotatable bonds is 7. The second-order valence-corrected chi connectivity index (χ2v) is 5.85. The van der Waals surface area contributed by atoms with Gasteiger partial charge in [-0.15, -0.1) is 24.0 Å². The van der Waals surface area contributed by atoms with E-state index in [1.54, 1.807) is 0 Å². The van der Waals surface area contributed by atoms with Gasteiger partial charge in [0.1, 0.15) is 0 Å². The minimum absolute atomic E-state index is 0. The molecule has 0 heterocycles. The van der Waals surface area contributed by atoms with Gasteiger partial charge in [-0.25, -0.2) is 0 Å². The van der Waals surface area contributed by atoms with Gasteiger partial charge in [-0.05, 0) is 50.4 Å². The summed E-state index contributed by atoms with van der Waals surface area (Å²) < 4.78 is 5.30. The molecule has 2 rings (SSSR count). The van der Waals surface area contributed by atoms with Crippen LogP contribution in [0.5, 0.6) is 0 Å². The van der Waals surface area contributed by atoms with Gasteiger partial charge in [-0.2, -0.15) is 0 Å². The van der Waals surface area contributed by atoms with Gasteiger partial charge in [-0.1, -0.05) is 6.42 Å². The Morgan fingerprint density at radius 2 is 2.00 bits per heavy atom. The zero-order valence-electron chi connectivity index (χ0n) is 12.9. The molecule has 0 aliphatic heterocycles. The largest absolute Gasteiger partial charge is 0.380 e. The first-order chi connectivity index (χ1) is 9.33. The Bertz CT molecular complexity index is 299. The fourth-order valence-electron chi connectivity index (χ4n) is 3.71. The molecule has 118 valence electrons. The lowest BCUT2D eigenvalue weighted by atomic mass is 9.86. The SMILES string of the molecule is CCOCCNC(=NC)NCCC1CC2CCC1C2.I. The third kappa shape index (κ3) is 5.39. The lowest BCUT2D eigenvalue weighted by molar-refractivity contribution is 0.152. The molecule has 5 heteroatoms. The van der Waals surface area contributed by atoms with Crippen molar-refractivity contribution in [1.82, 2.24) is 10.6 Å². The highest BCUT2D eigenvalue weighted by atomic mass is 127. The first-order valence-electron chi connectivity index (χ1n) is 7.85. The first-order valence-corrected chi connectivity index (χ1v) is 7.85. The molecule has 2 saturated carbocycles. The highest BCUT2D eigenvalue weighted by Gasteiger charge is 2.38. The van der Waals surface area contributed by atoms with Gasteiger partial charge in [0, 0.05) is 26.7 Å². The Morgan fingerprint density at radius 3 is 2.60 bits per heavy atom. The Hall–Kier alpha value is -0.0400. The van der Waals surface area contributed by atoms with E-state index in [0.29, 0.717) is 0 Å². The monoisotopic (exact) mass is 395 g/mol. The van der Waals surface area contributed by atoms with Crippen molar-refractivity contribution >= 4 is 29.9 Å². The molecular weight excluding hydrogens is 365 g/mol. The predicted octanol–water partition coefficient (Wildman–Crippen LogP) is 2.63.